The second-order valence-corrected chi connectivity index (χ2v) is 7.76. The van der Waals surface area contributed by atoms with E-state index >= 15 is 0 Å². The molecule has 0 saturated carbocycles. The molecule has 0 radical (unpaired) electrons. The van der Waals surface area contributed by atoms with Crippen molar-refractivity contribution < 1.29 is 17.9 Å². The van der Waals surface area contributed by atoms with Crippen LogP contribution in [0.25, 0.3) is 0 Å². The van der Waals surface area contributed by atoms with Crippen LogP contribution in [0.15, 0.2) is 47.4 Å². The molecule has 2 aromatic carbocycles. The zero-order valence-corrected chi connectivity index (χ0v) is 16.4. The number of nitrogens with one attached hydrogen (secondary N) is 1. The Balaban J connectivity index is 2.36. The Labute approximate surface area is 158 Å². The molecule has 1 amide bonds. The first-order chi connectivity index (χ1) is 12.3. The summed E-state index contributed by atoms with van der Waals surface area (Å²) in [4.78, 5) is 12.6. The standard InChI is InChI=1S/C18H21ClN2O4S/c1-4-21(5-2)26(23,24)15-9-10-17(19)16(12-15)18(22)20-13-7-6-8-14(11-13)25-3/h6-12H,4-5H2,1-3H3,(H,20,22). The molecule has 2 aromatic rings. The summed E-state index contributed by atoms with van der Waals surface area (Å²) < 4.78 is 31.8. The average molecular weight is 397 g/mol. The lowest BCUT2D eigenvalue weighted by molar-refractivity contribution is 0.102. The highest BCUT2D eigenvalue weighted by molar-refractivity contribution is 7.89. The zero-order valence-electron chi connectivity index (χ0n) is 14.8. The summed E-state index contributed by atoms with van der Waals surface area (Å²) in [7, 11) is -2.16. The maximum Gasteiger partial charge on any atom is 0.257 e. The molecule has 2 rings (SSSR count). The SMILES string of the molecule is CCN(CC)S(=O)(=O)c1ccc(Cl)c(C(=O)Nc2cccc(OC)c2)c1. The van der Waals surface area contributed by atoms with Crippen molar-refractivity contribution in [1.29, 1.82) is 0 Å². The topological polar surface area (TPSA) is 75.7 Å². The Morgan fingerprint density at radius 1 is 1.15 bits per heavy atom. The van der Waals surface area contributed by atoms with Crippen LogP contribution >= 0.6 is 11.6 Å². The number of methoxy groups -OCH3 is 1. The number of sulfonamides is 1. The van der Waals surface area contributed by atoms with E-state index in [1.54, 1.807) is 38.1 Å². The first kappa shape index (κ1) is 20.2. The molecule has 26 heavy (non-hydrogen) atoms. The Morgan fingerprint density at radius 3 is 2.46 bits per heavy atom. The minimum Gasteiger partial charge on any atom is -0.497 e. The van der Waals surface area contributed by atoms with Gasteiger partial charge in [0, 0.05) is 24.8 Å². The minimum absolute atomic E-state index is 0.0291. The Morgan fingerprint density at radius 2 is 1.85 bits per heavy atom. The number of hydrogen-bond acceptors (Lipinski definition) is 4. The third-order valence-corrected chi connectivity index (χ3v) is 6.23. The molecule has 0 spiro atoms. The number of carbonyl (C=O) groups excluding carboxylic acids is 1. The number of ether oxygens (including phenoxy) is 1. The third-order valence-electron chi connectivity index (χ3n) is 3.85. The maximum atomic E-state index is 12.7. The number of benzene rings is 2. The number of anilines is 1. The van der Waals surface area contributed by atoms with Crippen LogP contribution in [0.5, 0.6) is 5.75 Å². The molecule has 6 nitrogen and oxygen atoms in total. The van der Waals surface area contributed by atoms with Crippen molar-refractivity contribution in [3.8, 4) is 5.75 Å². The minimum atomic E-state index is -3.68. The van der Waals surface area contributed by atoms with Gasteiger partial charge in [-0.15, -0.1) is 0 Å². The van der Waals surface area contributed by atoms with E-state index in [4.69, 9.17) is 16.3 Å². The van der Waals surface area contributed by atoms with Crippen molar-refractivity contribution in [3.63, 3.8) is 0 Å². The molecule has 0 saturated heterocycles. The van der Waals surface area contributed by atoms with E-state index in [1.165, 1.54) is 29.6 Å². The summed E-state index contributed by atoms with van der Waals surface area (Å²) >= 11 is 6.12. The molecule has 0 heterocycles. The van der Waals surface area contributed by atoms with Crippen LogP contribution in [0.3, 0.4) is 0 Å². The third kappa shape index (κ3) is 4.35. The molecule has 0 aliphatic carbocycles. The zero-order chi connectivity index (χ0) is 19.3. The molecule has 0 bridgehead atoms. The number of halogens is 1. The van der Waals surface area contributed by atoms with Crippen molar-refractivity contribution in [3.05, 3.63) is 53.1 Å². The summed E-state index contributed by atoms with van der Waals surface area (Å²) in [5.41, 5.74) is 0.602. The highest BCUT2D eigenvalue weighted by atomic mass is 35.5. The van der Waals surface area contributed by atoms with E-state index in [1.807, 2.05) is 0 Å². The van der Waals surface area contributed by atoms with Crippen molar-refractivity contribution in [2.45, 2.75) is 18.7 Å². The Hall–Kier alpha value is -2.09. The normalized spacial score (nSPS) is 11.4. The summed E-state index contributed by atoms with van der Waals surface area (Å²) in [6.07, 6.45) is 0. The van der Waals surface area contributed by atoms with E-state index < -0.39 is 15.9 Å². The fourth-order valence-electron chi connectivity index (χ4n) is 2.45. The second-order valence-electron chi connectivity index (χ2n) is 5.42. The van der Waals surface area contributed by atoms with Crippen molar-refractivity contribution in [1.82, 2.24) is 4.31 Å². The predicted molar refractivity (Wildman–Crippen MR) is 103 cm³/mol. The van der Waals surface area contributed by atoms with E-state index in [9.17, 15) is 13.2 Å². The van der Waals surface area contributed by atoms with Crippen molar-refractivity contribution >= 4 is 33.2 Å². The molecule has 0 fully saturated rings. The van der Waals surface area contributed by atoms with Crippen LogP contribution in [0.4, 0.5) is 5.69 Å². The monoisotopic (exact) mass is 396 g/mol. The van der Waals surface area contributed by atoms with E-state index in [0.717, 1.165) is 0 Å². The number of amides is 1. The fraction of sp³-hybridized carbons (Fsp3) is 0.278. The highest BCUT2D eigenvalue weighted by Gasteiger charge is 2.24. The van der Waals surface area contributed by atoms with Crippen LogP contribution in [0, 0.1) is 0 Å². The highest BCUT2D eigenvalue weighted by Crippen LogP contribution is 2.25. The van der Waals surface area contributed by atoms with Crippen molar-refractivity contribution in [2.75, 3.05) is 25.5 Å². The molecule has 140 valence electrons. The lowest BCUT2D eigenvalue weighted by Gasteiger charge is -2.19. The van der Waals surface area contributed by atoms with Crippen LogP contribution < -0.4 is 10.1 Å². The van der Waals surface area contributed by atoms with Gasteiger partial charge in [0.2, 0.25) is 10.0 Å². The average Bonchev–Trinajstić information content (AvgIpc) is 2.62. The molecule has 0 atom stereocenters. The van der Waals surface area contributed by atoms with Gasteiger partial charge >= 0.3 is 0 Å². The summed E-state index contributed by atoms with van der Waals surface area (Å²) in [6, 6.07) is 11.0. The summed E-state index contributed by atoms with van der Waals surface area (Å²) in [5, 5.41) is 2.87. The van der Waals surface area contributed by atoms with Gasteiger partial charge in [-0.2, -0.15) is 4.31 Å². The first-order valence-electron chi connectivity index (χ1n) is 8.08. The van der Waals surface area contributed by atoms with Crippen LogP contribution in [-0.2, 0) is 10.0 Å². The largest absolute Gasteiger partial charge is 0.497 e. The Kier molecular flexibility index (Phi) is 6.63. The second kappa shape index (κ2) is 8.53. The summed E-state index contributed by atoms with van der Waals surface area (Å²) in [5.74, 6) is 0.0895. The van der Waals surface area contributed by atoms with Gasteiger partial charge in [-0.1, -0.05) is 31.5 Å². The van der Waals surface area contributed by atoms with Crippen molar-refractivity contribution in [2.24, 2.45) is 0 Å². The van der Waals surface area contributed by atoms with Crippen LogP contribution in [-0.4, -0.2) is 38.8 Å². The van der Waals surface area contributed by atoms with E-state index in [2.05, 4.69) is 5.32 Å². The molecule has 0 aliphatic heterocycles. The van der Waals surface area contributed by atoms with Gasteiger partial charge in [-0.05, 0) is 30.3 Å². The van der Waals surface area contributed by atoms with Gasteiger partial charge in [-0.25, -0.2) is 8.42 Å². The first-order valence-corrected chi connectivity index (χ1v) is 9.90. The maximum absolute atomic E-state index is 12.7. The van der Waals surface area contributed by atoms with Gasteiger partial charge < -0.3 is 10.1 Å². The summed E-state index contributed by atoms with van der Waals surface area (Å²) in [6.45, 7) is 4.19. The van der Waals surface area contributed by atoms with Gasteiger partial charge in [0.1, 0.15) is 5.75 Å². The quantitative estimate of drug-likeness (QED) is 0.775. The molecule has 1 N–H and O–H groups in total. The van der Waals surface area contributed by atoms with Gasteiger partial charge in [0.05, 0.1) is 22.6 Å². The Bertz CT molecular complexity index is 896. The van der Waals surface area contributed by atoms with E-state index in [-0.39, 0.29) is 15.5 Å². The number of rotatable bonds is 7. The van der Waals surface area contributed by atoms with Crippen LogP contribution in [0.2, 0.25) is 5.02 Å². The van der Waals surface area contributed by atoms with Crippen LogP contribution in [0.1, 0.15) is 24.2 Å². The lowest BCUT2D eigenvalue weighted by atomic mass is 10.2. The molecule has 0 aromatic heterocycles. The molecule has 0 unspecified atom stereocenters. The molecular weight excluding hydrogens is 376 g/mol. The molecular formula is C18H21ClN2O4S. The molecule has 8 heteroatoms. The smallest absolute Gasteiger partial charge is 0.257 e. The number of hydrogen-bond donors (Lipinski definition) is 1. The predicted octanol–water partition coefficient (Wildman–Crippen LogP) is 3.63. The van der Waals surface area contributed by atoms with Gasteiger partial charge in [0.25, 0.3) is 5.91 Å². The van der Waals surface area contributed by atoms with Gasteiger partial charge in [-0.3, -0.25) is 4.79 Å². The fourth-order valence-corrected chi connectivity index (χ4v) is 4.14. The number of nitrogens with zero attached hydrogens (tertiary/aromatic N) is 1. The van der Waals surface area contributed by atoms with Gasteiger partial charge in [0.15, 0.2) is 0 Å². The van der Waals surface area contributed by atoms with E-state index in [0.29, 0.717) is 24.5 Å². The lowest BCUT2D eigenvalue weighted by Crippen LogP contribution is -2.30. The molecule has 0 aliphatic rings. The number of carbonyl (C=O) groups is 1.